The third-order valence-electron chi connectivity index (χ3n) is 4.57. The van der Waals surface area contributed by atoms with Crippen LogP contribution in [-0.4, -0.2) is 48.8 Å². The summed E-state index contributed by atoms with van der Waals surface area (Å²) in [6.45, 7) is 9.91. The van der Waals surface area contributed by atoms with Gasteiger partial charge in [0.05, 0.1) is 13.2 Å². The Hall–Kier alpha value is -3.82. The summed E-state index contributed by atoms with van der Waals surface area (Å²) in [6, 6.07) is 7.96. The van der Waals surface area contributed by atoms with Gasteiger partial charge in [0.2, 0.25) is 11.8 Å². The van der Waals surface area contributed by atoms with Gasteiger partial charge in [-0.15, -0.1) is 0 Å². The number of alkyl carbamates (subject to hydrolysis) is 1. The zero-order chi connectivity index (χ0) is 26.2. The molecule has 0 fully saturated rings. The Labute approximate surface area is 204 Å². The van der Waals surface area contributed by atoms with E-state index in [0.29, 0.717) is 0 Å². The molecule has 1 unspecified atom stereocenters. The molecule has 0 aliphatic carbocycles. The molecule has 0 saturated carbocycles. The topological polar surface area (TPSA) is 133 Å². The van der Waals surface area contributed by atoms with Crippen molar-refractivity contribution in [2.45, 2.75) is 59.6 Å². The Morgan fingerprint density at radius 2 is 1.51 bits per heavy atom. The van der Waals surface area contributed by atoms with Crippen molar-refractivity contribution >= 4 is 29.8 Å². The highest BCUT2D eigenvalue weighted by atomic mass is 16.6. The van der Waals surface area contributed by atoms with Gasteiger partial charge in [0, 0.05) is 6.42 Å². The number of rotatable bonds is 9. The first-order chi connectivity index (χ1) is 16.5. The highest BCUT2D eigenvalue weighted by Crippen LogP contribution is 2.29. The second kappa shape index (κ2) is 12.0. The number of hydrogen-bond donors (Lipinski definition) is 2. The minimum absolute atomic E-state index is 0.0372. The summed E-state index contributed by atoms with van der Waals surface area (Å²) >= 11 is 0. The molecule has 1 atom stereocenters. The highest BCUT2D eigenvalue weighted by Gasteiger charge is 2.33. The van der Waals surface area contributed by atoms with E-state index in [-0.39, 0.29) is 42.4 Å². The number of anilines is 1. The van der Waals surface area contributed by atoms with Crippen molar-refractivity contribution in [3.8, 4) is 0 Å². The molecule has 1 heterocycles. The number of amides is 2. The first-order valence-corrected chi connectivity index (χ1v) is 11.3. The monoisotopic (exact) mass is 488 g/mol. The normalized spacial score (nSPS) is 11.8. The number of carbonyl (C=O) groups is 4. The molecule has 2 N–H and O–H groups in total. The molecule has 2 amide bonds. The highest BCUT2D eigenvalue weighted by molar-refractivity contribution is 6.09. The Morgan fingerprint density at radius 1 is 0.943 bits per heavy atom. The van der Waals surface area contributed by atoms with Gasteiger partial charge in [-0.2, -0.15) is 0 Å². The molecule has 0 spiro atoms. The molecule has 10 heteroatoms. The van der Waals surface area contributed by atoms with Gasteiger partial charge in [-0.25, -0.2) is 14.4 Å². The van der Waals surface area contributed by atoms with Gasteiger partial charge < -0.3 is 23.9 Å². The maximum absolute atomic E-state index is 13.3. The van der Waals surface area contributed by atoms with Crippen LogP contribution in [0.2, 0.25) is 0 Å². The zero-order valence-corrected chi connectivity index (χ0v) is 20.9. The summed E-state index contributed by atoms with van der Waals surface area (Å²) in [7, 11) is 0. The Kier molecular flexibility index (Phi) is 9.44. The van der Waals surface area contributed by atoms with E-state index < -0.39 is 35.6 Å². The lowest BCUT2D eigenvalue weighted by atomic mass is 10.1. The number of carbonyl (C=O) groups excluding carboxylic acids is 4. The second-order valence-corrected chi connectivity index (χ2v) is 8.56. The van der Waals surface area contributed by atoms with Crippen LogP contribution in [0.1, 0.15) is 66.7 Å². The number of esters is 2. The lowest BCUT2D eigenvalue weighted by Crippen LogP contribution is -2.47. The Morgan fingerprint density at radius 3 is 2.06 bits per heavy atom. The fourth-order valence-corrected chi connectivity index (χ4v) is 3.19. The number of benzene rings is 1. The molecule has 2 aromatic rings. The molecule has 1 aromatic heterocycles. The van der Waals surface area contributed by atoms with E-state index >= 15 is 0 Å². The average Bonchev–Trinajstić information content (AvgIpc) is 3.08. The standard InChI is InChI=1S/C25H32N2O8/c1-7-32-22(29)18-15(3)34-21(19(18)23(30)33-8-2)27-20(28)17(14-16-12-10-9-11-13-16)26-24(31)35-25(4,5)6/h9-13,17H,7-8,14H2,1-6H3,(H,26,31)(H,27,28). The fourth-order valence-electron chi connectivity index (χ4n) is 3.19. The van der Waals surface area contributed by atoms with Crippen LogP contribution in [0.3, 0.4) is 0 Å². The lowest BCUT2D eigenvalue weighted by molar-refractivity contribution is -0.118. The number of furan rings is 1. The Balaban J connectivity index is 2.39. The predicted molar refractivity (Wildman–Crippen MR) is 127 cm³/mol. The van der Waals surface area contributed by atoms with Crippen LogP contribution in [0.5, 0.6) is 0 Å². The lowest BCUT2D eigenvalue weighted by Gasteiger charge is -2.23. The Bertz CT molecular complexity index is 1050. The van der Waals surface area contributed by atoms with Gasteiger partial charge in [0.25, 0.3) is 0 Å². The van der Waals surface area contributed by atoms with E-state index in [1.54, 1.807) is 58.9 Å². The van der Waals surface area contributed by atoms with Crippen LogP contribution in [0, 0.1) is 6.92 Å². The number of aryl methyl sites for hydroxylation is 1. The van der Waals surface area contributed by atoms with Crippen LogP contribution in [0.25, 0.3) is 0 Å². The summed E-state index contributed by atoms with van der Waals surface area (Å²) < 4.78 is 20.9. The summed E-state index contributed by atoms with van der Waals surface area (Å²) in [6.07, 6.45) is -0.660. The smallest absolute Gasteiger partial charge is 0.408 e. The van der Waals surface area contributed by atoms with E-state index in [4.69, 9.17) is 18.6 Å². The van der Waals surface area contributed by atoms with Gasteiger partial charge >= 0.3 is 18.0 Å². The molecule has 190 valence electrons. The molecule has 0 radical (unpaired) electrons. The van der Waals surface area contributed by atoms with Crippen LogP contribution in [0.4, 0.5) is 10.7 Å². The van der Waals surface area contributed by atoms with Crippen molar-refractivity contribution in [2.24, 2.45) is 0 Å². The molecule has 0 aliphatic heterocycles. The maximum atomic E-state index is 13.3. The van der Waals surface area contributed by atoms with E-state index in [1.165, 1.54) is 6.92 Å². The van der Waals surface area contributed by atoms with E-state index in [0.717, 1.165) is 5.56 Å². The quantitative estimate of drug-likeness (QED) is 0.399. The minimum Gasteiger partial charge on any atom is -0.462 e. The molecule has 0 aliphatic rings. The molecular weight excluding hydrogens is 456 g/mol. The molecule has 0 saturated heterocycles. The molecule has 10 nitrogen and oxygen atoms in total. The molecule has 35 heavy (non-hydrogen) atoms. The van der Waals surface area contributed by atoms with Crippen molar-refractivity contribution in [3.63, 3.8) is 0 Å². The molecule has 1 aromatic carbocycles. The largest absolute Gasteiger partial charge is 0.462 e. The van der Waals surface area contributed by atoms with Gasteiger partial charge in [-0.05, 0) is 47.1 Å². The number of ether oxygens (including phenoxy) is 3. The third kappa shape index (κ3) is 7.87. The summed E-state index contributed by atoms with van der Waals surface area (Å²) in [5.41, 5.74) is -0.397. The fraction of sp³-hybridized carbons (Fsp3) is 0.440. The van der Waals surface area contributed by atoms with Gasteiger partial charge in [-0.1, -0.05) is 30.3 Å². The molecule has 2 rings (SSSR count). The summed E-state index contributed by atoms with van der Waals surface area (Å²) in [5.74, 6) is -2.54. The average molecular weight is 489 g/mol. The summed E-state index contributed by atoms with van der Waals surface area (Å²) in [5, 5.41) is 5.07. The van der Waals surface area contributed by atoms with Crippen LogP contribution in [0.15, 0.2) is 34.7 Å². The first kappa shape index (κ1) is 27.4. The SMILES string of the molecule is CCOC(=O)c1c(C)oc(NC(=O)C(Cc2ccccc2)NC(=O)OC(C)(C)C)c1C(=O)OCC. The van der Waals surface area contributed by atoms with Gasteiger partial charge in [-0.3, -0.25) is 10.1 Å². The first-order valence-electron chi connectivity index (χ1n) is 11.3. The minimum atomic E-state index is -1.08. The maximum Gasteiger partial charge on any atom is 0.408 e. The van der Waals surface area contributed by atoms with Crippen molar-refractivity contribution < 1.29 is 37.8 Å². The third-order valence-corrected chi connectivity index (χ3v) is 4.57. The summed E-state index contributed by atoms with van der Waals surface area (Å²) in [4.78, 5) is 50.8. The van der Waals surface area contributed by atoms with Crippen LogP contribution in [-0.2, 0) is 25.4 Å². The van der Waals surface area contributed by atoms with E-state index in [9.17, 15) is 19.2 Å². The second-order valence-electron chi connectivity index (χ2n) is 8.56. The predicted octanol–water partition coefficient (Wildman–Crippen LogP) is 4.02. The van der Waals surface area contributed by atoms with Crippen molar-refractivity contribution in [1.82, 2.24) is 5.32 Å². The van der Waals surface area contributed by atoms with E-state index in [2.05, 4.69) is 10.6 Å². The van der Waals surface area contributed by atoms with Crippen molar-refractivity contribution in [3.05, 3.63) is 52.8 Å². The molecule has 0 bridgehead atoms. The number of nitrogens with one attached hydrogen (secondary N) is 2. The van der Waals surface area contributed by atoms with E-state index in [1.807, 2.05) is 6.07 Å². The zero-order valence-electron chi connectivity index (χ0n) is 20.9. The van der Waals surface area contributed by atoms with Crippen molar-refractivity contribution in [2.75, 3.05) is 18.5 Å². The van der Waals surface area contributed by atoms with Crippen LogP contribution < -0.4 is 10.6 Å². The van der Waals surface area contributed by atoms with Gasteiger partial charge in [0.1, 0.15) is 28.5 Å². The molecular formula is C25H32N2O8. The van der Waals surface area contributed by atoms with Crippen molar-refractivity contribution in [1.29, 1.82) is 0 Å². The number of hydrogen-bond acceptors (Lipinski definition) is 8. The van der Waals surface area contributed by atoms with Crippen LogP contribution >= 0.6 is 0 Å². The van der Waals surface area contributed by atoms with Gasteiger partial charge in [0.15, 0.2) is 0 Å².